The van der Waals surface area contributed by atoms with E-state index in [0.717, 1.165) is 12.4 Å². The molecule has 1 heterocycles. The average Bonchev–Trinajstić information content (AvgIpc) is 2.28. The fourth-order valence-electron chi connectivity index (χ4n) is 1.74. The van der Waals surface area contributed by atoms with Crippen molar-refractivity contribution in [3.8, 4) is 5.88 Å². The Morgan fingerprint density at radius 2 is 2.00 bits per heavy atom. The van der Waals surface area contributed by atoms with E-state index in [1.54, 1.807) is 0 Å². The van der Waals surface area contributed by atoms with Crippen molar-refractivity contribution in [2.24, 2.45) is 5.92 Å². The quantitative estimate of drug-likeness (QED) is 0.791. The number of nitrogens with zero attached hydrogens (tertiary/aromatic N) is 2. The molecule has 0 saturated heterocycles. The lowest BCUT2D eigenvalue weighted by atomic mass is 10.2. The molecule has 1 rings (SSSR count). The van der Waals surface area contributed by atoms with E-state index in [9.17, 15) is 0 Å². The number of nitrogens with one attached hydrogen (secondary N) is 1. The van der Waals surface area contributed by atoms with Gasteiger partial charge in [0.15, 0.2) is 0 Å². The van der Waals surface area contributed by atoms with Crippen molar-refractivity contribution >= 4 is 11.5 Å². The van der Waals surface area contributed by atoms with Gasteiger partial charge in [0.05, 0.1) is 12.3 Å². The predicted octanol–water partition coefficient (Wildman–Crippen LogP) is 2.06. The van der Waals surface area contributed by atoms with E-state index in [0.29, 0.717) is 30.1 Å². The van der Waals surface area contributed by atoms with Gasteiger partial charge in [0.1, 0.15) is 5.82 Å². The minimum atomic E-state index is 0.309. The van der Waals surface area contributed by atoms with Crippen molar-refractivity contribution in [3.63, 3.8) is 0 Å². The molecule has 19 heavy (non-hydrogen) atoms. The zero-order valence-corrected chi connectivity index (χ0v) is 12.6. The van der Waals surface area contributed by atoms with Gasteiger partial charge >= 0.3 is 0 Å². The summed E-state index contributed by atoms with van der Waals surface area (Å²) in [5.74, 6) is 1.75. The predicted molar refractivity (Wildman–Crippen MR) is 80.6 cm³/mol. The molecule has 3 N–H and O–H groups in total. The molecule has 108 valence electrons. The van der Waals surface area contributed by atoms with Crippen LogP contribution >= 0.6 is 0 Å². The summed E-state index contributed by atoms with van der Waals surface area (Å²) in [4.78, 5) is 6.54. The highest BCUT2D eigenvalue weighted by Crippen LogP contribution is 2.21. The summed E-state index contributed by atoms with van der Waals surface area (Å²) in [6.45, 7) is 7.86. The molecule has 0 amide bonds. The van der Waals surface area contributed by atoms with E-state index >= 15 is 0 Å². The van der Waals surface area contributed by atoms with E-state index < -0.39 is 0 Å². The van der Waals surface area contributed by atoms with Crippen molar-refractivity contribution in [1.82, 2.24) is 9.88 Å². The van der Waals surface area contributed by atoms with Crippen LogP contribution in [0.1, 0.15) is 20.8 Å². The zero-order chi connectivity index (χ0) is 14.4. The topological polar surface area (TPSA) is 63.4 Å². The Kier molecular flexibility index (Phi) is 5.89. The zero-order valence-electron chi connectivity index (χ0n) is 12.6. The molecule has 1 aromatic rings. The number of rotatable bonds is 7. The summed E-state index contributed by atoms with van der Waals surface area (Å²) >= 11 is 0. The molecule has 0 aliphatic carbocycles. The fourth-order valence-corrected chi connectivity index (χ4v) is 1.74. The number of hydrogen-bond acceptors (Lipinski definition) is 5. The smallest absolute Gasteiger partial charge is 0.239 e. The van der Waals surface area contributed by atoms with Gasteiger partial charge < -0.3 is 20.7 Å². The van der Waals surface area contributed by atoms with Crippen molar-refractivity contribution in [2.75, 3.05) is 38.3 Å². The van der Waals surface area contributed by atoms with Gasteiger partial charge in [0, 0.05) is 12.6 Å². The number of anilines is 2. The molecule has 0 bridgehead atoms. The van der Waals surface area contributed by atoms with E-state index in [-0.39, 0.29) is 0 Å². The highest BCUT2D eigenvalue weighted by Gasteiger charge is 2.08. The van der Waals surface area contributed by atoms with Crippen LogP contribution in [0.3, 0.4) is 0 Å². The Balaban J connectivity index is 2.67. The van der Waals surface area contributed by atoms with Crippen LogP contribution in [0.15, 0.2) is 12.1 Å². The summed E-state index contributed by atoms with van der Waals surface area (Å²) in [6, 6.07) is 4.01. The highest BCUT2D eigenvalue weighted by molar-refractivity contribution is 5.53. The second-order valence-electron chi connectivity index (χ2n) is 5.60. The first-order chi connectivity index (χ1) is 8.88. The molecular formula is C14H26N4O. The molecule has 0 saturated carbocycles. The molecule has 1 aromatic heterocycles. The van der Waals surface area contributed by atoms with Crippen LogP contribution in [-0.4, -0.2) is 43.2 Å². The minimum absolute atomic E-state index is 0.309. The number of hydrogen-bond donors (Lipinski definition) is 2. The van der Waals surface area contributed by atoms with E-state index in [1.807, 2.05) is 26.2 Å². The molecule has 0 spiro atoms. The molecule has 1 atom stereocenters. The van der Waals surface area contributed by atoms with Crippen LogP contribution in [0.5, 0.6) is 5.88 Å². The summed E-state index contributed by atoms with van der Waals surface area (Å²) in [6.07, 6.45) is 0. The molecule has 0 aliphatic heterocycles. The Morgan fingerprint density at radius 3 is 2.58 bits per heavy atom. The lowest BCUT2D eigenvalue weighted by Crippen LogP contribution is -2.30. The van der Waals surface area contributed by atoms with Crippen LogP contribution in [0, 0.1) is 5.92 Å². The van der Waals surface area contributed by atoms with Gasteiger partial charge in [-0.1, -0.05) is 13.8 Å². The molecule has 0 aromatic carbocycles. The van der Waals surface area contributed by atoms with Crippen molar-refractivity contribution in [2.45, 2.75) is 26.8 Å². The first-order valence-electron chi connectivity index (χ1n) is 6.69. The second kappa shape index (κ2) is 7.19. The van der Waals surface area contributed by atoms with Gasteiger partial charge in [-0.2, -0.15) is 4.98 Å². The summed E-state index contributed by atoms with van der Waals surface area (Å²) in [5, 5.41) is 3.34. The van der Waals surface area contributed by atoms with Gasteiger partial charge in [-0.15, -0.1) is 0 Å². The van der Waals surface area contributed by atoms with Gasteiger partial charge in [-0.25, -0.2) is 0 Å². The number of likely N-dealkylation sites (N-methyl/N-ethyl adjacent to an activating group) is 1. The number of pyridine rings is 1. The maximum Gasteiger partial charge on any atom is 0.239 e. The monoisotopic (exact) mass is 266 g/mol. The SMILES string of the molecule is CC(C)COc1nc(NC(C)CN(C)C)ccc1N. The van der Waals surface area contributed by atoms with Gasteiger partial charge in [0.2, 0.25) is 5.88 Å². The first-order valence-corrected chi connectivity index (χ1v) is 6.69. The lowest BCUT2D eigenvalue weighted by molar-refractivity contribution is 0.263. The number of nitrogen functional groups attached to an aromatic ring is 1. The second-order valence-corrected chi connectivity index (χ2v) is 5.60. The third-order valence-electron chi connectivity index (χ3n) is 2.48. The largest absolute Gasteiger partial charge is 0.476 e. The normalized spacial score (nSPS) is 12.8. The van der Waals surface area contributed by atoms with Crippen LogP contribution in [0.25, 0.3) is 0 Å². The Hall–Kier alpha value is -1.49. The van der Waals surface area contributed by atoms with Gasteiger partial charge in [-0.05, 0) is 39.1 Å². The summed E-state index contributed by atoms with van der Waals surface area (Å²) in [7, 11) is 4.09. The molecular weight excluding hydrogens is 240 g/mol. The van der Waals surface area contributed by atoms with Crippen molar-refractivity contribution in [3.05, 3.63) is 12.1 Å². The number of ether oxygens (including phenoxy) is 1. The Morgan fingerprint density at radius 1 is 1.32 bits per heavy atom. The minimum Gasteiger partial charge on any atom is -0.476 e. The fraction of sp³-hybridized carbons (Fsp3) is 0.643. The van der Waals surface area contributed by atoms with Crippen LogP contribution < -0.4 is 15.8 Å². The molecule has 0 radical (unpaired) electrons. The third kappa shape index (κ3) is 5.79. The van der Waals surface area contributed by atoms with Gasteiger partial charge in [0.25, 0.3) is 0 Å². The van der Waals surface area contributed by atoms with Crippen LogP contribution in [0.2, 0.25) is 0 Å². The van der Waals surface area contributed by atoms with E-state index in [4.69, 9.17) is 10.5 Å². The maximum atomic E-state index is 5.86. The number of nitrogens with two attached hydrogens (primary N) is 1. The van der Waals surface area contributed by atoms with Crippen LogP contribution in [0.4, 0.5) is 11.5 Å². The van der Waals surface area contributed by atoms with Crippen LogP contribution in [-0.2, 0) is 0 Å². The van der Waals surface area contributed by atoms with E-state index in [2.05, 4.69) is 36.0 Å². The average molecular weight is 266 g/mol. The van der Waals surface area contributed by atoms with E-state index in [1.165, 1.54) is 0 Å². The molecule has 1 unspecified atom stereocenters. The molecule has 0 aliphatic rings. The highest BCUT2D eigenvalue weighted by atomic mass is 16.5. The maximum absolute atomic E-state index is 5.86. The molecule has 5 nitrogen and oxygen atoms in total. The lowest BCUT2D eigenvalue weighted by Gasteiger charge is -2.19. The standard InChI is InChI=1S/C14H26N4O/c1-10(2)9-19-14-12(15)6-7-13(17-14)16-11(3)8-18(4)5/h6-7,10-11H,8-9,15H2,1-5H3,(H,16,17). The molecule has 5 heteroatoms. The summed E-state index contributed by atoms with van der Waals surface area (Å²) in [5.41, 5.74) is 6.44. The van der Waals surface area contributed by atoms with Crippen molar-refractivity contribution in [1.29, 1.82) is 0 Å². The molecule has 0 fully saturated rings. The van der Waals surface area contributed by atoms with Gasteiger partial charge in [-0.3, -0.25) is 0 Å². The Bertz CT molecular complexity index is 393. The summed E-state index contributed by atoms with van der Waals surface area (Å²) < 4.78 is 5.62. The van der Waals surface area contributed by atoms with Crippen molar-refractivity contribution < 1.29 is 4.74 Å². The first kappa shape index (κ1) is 15.6. The third-order valence-corrected chi connectivity index (χ3v) is 2.48. The number of aromatic nitrogens is 1. The Labute approximate surface area is 116 Å².